The molecular weight excluding hydrogens is 419 g/mol. The van der Waals surface area contributed by atoms with Crippen molar-refractivity contribution in [2.24, 2.45) is 0 Å². The molecule has 2 aromatic carbocycles. The van der Waals surface area contributed by atoms with Crippen molar-refractivity contribution in [3.05, 3.63) is 53.7 Å². The van der Waals surface area contributed by atoms with Crippen LogP contribution >= 0.6 is 0 Å². The fourth-order valence-electron chi connectivity index (χ4n) is 3.24. The molecule has 0 radical (unpaired) electrons. The maximum Gasteiger partial charge on any atom is 0.404 e. The smallest absolute Gasteiger partial charge is 0.349 e. The third-order valence-corrected chi connectivity index (χ3v) is 6.38. The van der Waals surface area contributed by atoms with Gasteiger partial charge in [-0.25, -0.2) is 8.42 Å². The number of carbonyl (C=O) groups is 1. The highest BCUT2D eigenvalue weighted by Gasteiger charge is 2.37. The van der Waals surface area contributed by atoms with E-state index in [0.29, 0.717) is 20.6 Å². The van der Waals surface area contributed by atoms with Crippen LogP contribution in [-0.4, -0.2) is 41.5 Å². The standard InChI is InChI=1S/C20H18F3N3O3S/c1-12-2-3-14(19(27)25-16-5-6-16)9-17(12)13-4-7-18-15(8-13)10-24-26(18)30(28,29)11-20(21,22)23/h2-4,7-10,16H,5-6,11H2,1H3,(H,25,27). The lowest BCUT2D eigenvalue weighted by atomic mass is 9.97. The van der Waals surface area contributed by atoms with Crippen LogP contribution in [0.25, 0.3) is 22.0 Å². The quantitative estimate of drug-likeness (QED) is 0.661. The van der Waals surface area contributed by atoms with Crippen molar-refractivity contribution in [2.45, 2.75) is 32.0 Å². The van der Waals surface area contributed by atoms with Gasteiger partial charge in [0, 0.05) is 17.0 Å². The Balaban J connectivity index is 1.70. The SMILES string of the molecule is Cc1ccc(C(=O)NC2CC2)cc1-c1ccc2c(cnn2S(=O)(=O)CC(F)(F)F)c1. The predicted octanol–water partition coefficient (Wildman–Crippen LogP) is 3.64. The van der Waals surface area contributed by atoms with E-state index in [1.165, 1.54) is 12.3 Å². The van der Waals surface area contributed by atoms with Gasteiger partial charge in [-0.15, -0.1) is 0 Å². The number of halogens is 3. The molecular formula is C20H18F3N3O3S. The average Bonchev–Trinajstić information content (AvgIpc) is 3.34. The molecule has 6 nitrogen and oxygen atoms in total. The number of nitrogens with one attached hydrogen (secondary N) is 1. The zero-order valence-electron chi connectivity index (χ0n) is 15.9. The Morgan fingerprint density at radius 1 is 1.20 bits per heavy atom. The summed E-state index contributed by atoms with van der Waals surface area (Å²) in [4.78, 5) is 12.3. The Morgan fingerprint density at radius 2 is 1.93 bits per heavy atom. The monoisotopic (exact) mass is 437 g/mol. The first kappa shape index (κ1) is 20.4. The minimum Gasteiger partial charge on any atom is -0.349 e. The molecule has 4 rings (SSSR count). The second-order valence-corrected chi connectivity index (χ2v) is 9.21. The number of rotatable bonds is 5. The van der Waals surface area contributed by atoms with E-state index < -0.39 is 22.0 Å². The van der Waals surface area contributed by atoms with E-state index in [-0.39, 0.29) is 17.5 Å². The lowest BCUT2D eigenvalue weighted by molar-refractivity contribution is -0.106. The minimum atomic E-state index is -4.87. The van der Waals surface area contributed by atoms with Crippen molar-refractivity contribution < 1.29 is 26.4 Å². The van der Waals surface area contributed by atoms with Crippen LogP contribution in [0.15, 0.2) is 42.6 Å². The number of aromatic nitrogens is 2. The van der Waals surface area contributed by atoms with E-state index in [1.807, 2.05) is 13.0 Å². The Kier molecular flexibility index (Phi) is 4.84. The van der Waals surface area contributed by atoms with E-state index in [2.05, 4.69) is 10.4 Å². The molecule has 1 amide bonds. The van der Waals surface area contributed by atoms with Crippen LogP contribution in [0, 0.1) is 6.92 Å². The molecule has 0 unspecified atom stereocenters. The molecule has 0 atom stereocenters. The first-order valence-electron chi connectivity index (χ1n) is 9.23. The highest BCUT2D eigenvalue weighted by atomic mass is 32.2. The van der Waals surface area contributed by atoms with Crippen LogP contribution in [0.4, 0.5) is 13.2 Å². The second-order valence-electron chi connectivity index (χ2n) is 7.41. The molecule has 1 saturated carbocycles. The summed E-state index contributed by atoms with van der Waals surface area (Å²) in [6.07, 6.45) is -1.70. The molecule has 3 aromatic rings. The topological polar surface area (TPSA) is 81.1 Å². The summed E-state index contributed by atoms with van der Waals surface area (Å²) < 4.78 is 62.4. The highest BCUT2D eigenvalue weighted by Crippen LogP contribution is 2.29. The molecule has 0 bridgehead atoms. The summed E-state index contributed by atoms with van der Waals surface area (Å²) in [6, 6.07) is 10.2. The number of hydrogen-bond acceptors (Lipinski definition) is 4. The van der Waals surface area contributed by atoms with E-state index in [1.54, 1.807) is 24.3 Å². The Morgan fingerprint density at radius 3 is 2.60 bits per heavy atom. The van der Waals surface area contributed by atoms with Gasteiger partial charge in [0.2, 0.25) is 0 Å². The van der Waals surface area contributed by atoms with Crippen molar-refractivity contribution in [3.8, 4) is 11.1 Å². The molecule has 10 heteroatoms. The summed E-state index contributed by atoms with van der Waals surface area (Å²) in [5.41, 5.74) is 2.93. The van der Waals surface area contributed by atoms with Crippen LogP contribution < -0.4 is 5.32 Å². The van der Waals surface area contributed by atoms with Crippen LogP contribution in [0.5, 0.6) is 0 Å². The van der Waals surface area contributed by atoms with E-state index in [4.69, 9.17) is 0 Å². The van der Waals surface area contributed by atoms with Gasteiger partial charge in [-0.3, -0.25) is 4.79 Å². The summed E-state index contributed by atoms with van der Waals surface area (Å²) in [7, 11) is -4.68. The van der Waals surface area contributed by atoms with Crippen LogP contribution in [-0.2, 0) is 10.0 Å². The third-order valence-electron chi connectivity index (χ3n) is 4.87. The van der Waals surface area contributed by atoms with Crippen molar-refractivity contribution in [1.82, 2.24) is 14.5 Å². The van der Waals surface area contributed by atoms with Gasteiger partial charge in [0.1, 0.15) is 0 Å². The molecule has 1 fully saturated rings. The van der Waals surface area contributed by atoms with Crippen molar-refractivity contribution in [3.63, 3.8) is 0 Å². The zero-order chi connectivity index (χ0) is 21.7. The highest BCUT2D eigenvalue weighted by molar-refractivity contribution is 7.90. The first-order valence-corrected chi connectivity index (χ1v) is 10.8. The van der Waals surface area contributed by atoms with E-state index in [0.717, 1.165) is 24.0 Å². The number of aryl methyl sites for hydroxylation is 1. The van der Waals surface area contributed by atoms with Gasteiger partial charge in [0.25, 0.3) is 15.9 Å². The number of carbonyl (C=O) groups excluding carboxylic acids is 1. The molecule has 0 saturated heterocycles. The second kappa shape index (κ2) is 7.12. The third kappa shape index (κ3) is 4.18. The summed E-state index contributed by atoms with van der Waals surface area (Å²) in [5, 5.41) is 6.96. The van der Waals surface area contributed by atoms with E-state index in [9.17, 15) is 26.4 Å². The van der Waals surface area contributed by atoms with Gasteiger partial charge in [-0.05, 0) is 60.7 Å². The number of benzene rings is 2. The molecule has 1 heterocycles. The largest absolute Gasteiger partial charge is 0.404 e. The summed E-state index contributed by atoms with van der Waals surface area (Å²) in [6.45, 7) is 1.87. The molecule has 1 aliphatic carbocycles. The van der Waals surface area contributed by atoms with Gasteiger partial charge < -0.3 is 5.32 Å². The van der Waals surface area contributed by atoms with Gasteiger partial charge in [0.05, 0.1) is 11.7 Å². The number of hydrogen-bond donors (Lipinski definition) is 1. The van der Waals surface area contributed by atoms with Crippen molar-refractivity contribution in [2.75, 3.05) is 5.75 Å². The summed E-state index contributed by atoms with van der Waals surface area (Å²) in [5.74, 6) is -2.15. The Hall–Kier alpha value is -2.88. The molecule has 1 aromatic heterocycles. The normalized spacial score (nSPS) is 14.8. The Labute approximate surface area is 170 Å². The predicted molar refractivity (Wildman–Crippen MR) is 106 cm³/mol. The maximum atomic E-state index is 12.6. The lowest BCUT2D eigenvalue weighted by Gasteiger charge is -2.11. The molecule has 0 spiro atoms. The fourth-order valence-corrected chi connectivity index (χ4v) is 4.43. The number of amides is 1. The maximum absolute atomic E-state index is 12.6. The van der Waals surface area contributed by atoms with Crippen molar-refractivity contribution >= 4 is 26.8 Å². The molecule has 1 N–H and O–H groups in total. The molecule has 30 heavy (non-hydrogen) atoms. The average molecular weight is 437 g/mol. The van der Waals surface area contributed by atoms with Crippen LogP contribution in [0.1, 0.15) is 28.8 Å². The molecule has 1 aliphatic rings. The number of nitrogens with zero attached hydrogens (tertiary/aromatic N) is 2. The molecule has 0 aliphatic heterocycles. The first-order chi connectivity index (χ1) is 14.0. The number of alkyl halides is 3. The number of fused-ring (bicyclic) bond motifs is 1. The minimum absolute atomic E-state index is 0.0586. The summed E-state index contributed by atoms with van der Waals surface area (Å²) >= 11 is 0. The van der Waals surface area contributed by atoms with Gasteiger partial charge >= 0.3 is 6.18 Å². The molecule has 158 valence electrons. The Bertz CT molecular complexity index is 1250. The van der Waals surface area contributed by atoms with Crippen LogP contribution in [0.3, 0.4) is 0 Å². The van der Waals surface area contributed by atoms with Gasteiger partial charge in [-0.2, -0.15) is 22.4 Å². The fraction of sp³-hybridized carbons (Fsp3) is 0.300. The van der Waals surface area contributed by atoms with E-state index >= 15 is 0 Å². The van der Waals surface area contributed by atoms with Crippen LogP contribution in [0.2, 0.25) is 0 Å². The zero-order valence-corrected chi connectivity index (χ0v) is 16.7. The van der Waals surface area contributed by atoms with Gasteiger partial charge in [-0.1, -0.05) is 12.1 Å². The lowest BCUT2D eigenvalue weighted by Crippen LogP contribution is -2.28. The van der Waals surface area contributed by atoms with Gasteiger partial charge in [0.15, 0.2) is 5.75 Å². The van der Waals surface area contributed by atoms with Crippen molar-refractivity contribution in [1.29, 1.82) is 0 Å².